The summed E-state index contributed by atoms with van der Waals surface area (Å²) in [7, 11) is 0. The van der Waals surface area contributed by atoms with E-state index < -0.39 is 0 Å². The highest BCUT2D eigenvalue weighted by molar-refractivity contribution is 5.89. The molecule has 0 saturated carbocycles. The largest absolute Gasteiger partial charge is 0.465 e. The summed E-state index contributed by atoms with van der Waals surface area (Å²) in [5.41, 5.74) is 1.29. The molecule has 0 aliphatic rings. The van der Waals surface area contributed by atoms with Crippen molar-refractivity contribution in [2.24, 2.45) is 11.8 Å². The van der Waals surface area contributed by atoms with Gasteiger partial charge in [-0.2, -0.15) is 0 Å². The number of hydrogen-bond donors (Lipinski definition) is 0. The fraction of sp³-hybridized carbons (Fsp3) is 0.831. The third-order valence-electron chi connectivity index (χ3n) is 13.7. The summed E-state index contributed by atoms with van der Waals surface area (Å²) in [6.45, 7) is 18.6. The molecule has 0 aliphatic heterocycles. The van der Waals surface area contributed by atoms with Crippen molar-refractivity contribution in [3.8, 4) is 0 Å². The Bertz CT molecular complexity index is 1370. The van der Waals surface area contributed by atoms with Crippen molar-refractivity contribution in [3.05, 3.63) is 35.4 Å². The zero-order valence-electron chi connectivity index (χ0n) is 45.6. The van der Waals surface area contributed by atoms with Gasteiger partial charge in [0.05, 0.1) is 37.2 Å². The maximum Gasteiger partial charge on any atom is 0.410 e. The van der Waals surface area contributed by atoms with E-state index in [0.29, 0.717) is 38.5 Å². The van der Waals surface area contributed by atoms with E-state index >= 15 is 0 Å². The lowest BCUT2D eigenvalue weighted by Gasteiger charge is -2.22. The maximum atomic E-state index is 13.5. The number of ether oxygens (including phenoxy) is 4. The summed E-state index contributed by atoms with van der Waals surface area (Å²) in [5, 5.41) is 0. The Labute approximate surface area is 423 Å². The second kappa shape index (κ2) is 46.0. The molecule has 0 aliphatic carbocycles. The molecule has 1 aromatic carbocycles. The lowest BCUT2D eigenvalue weighted by molar-refractivity contribution is -0.150. The Hall–Kier alpha value is -3.14. The van der Waals surface area contributed by atoms with Crippen LogP contribution in [0.2, 0.25) is 0 Å². The molecule has 0 spiro atoms. The normalized spacial score (nSPS) is 12.2. The molecule has 0 saturated heterocycles. The molecule has 1 rings (SSSR count). The Kier molecular flexibility index (Phi) is 42.5. The lowest BCUT2D eigenvalue weighted by atomic mass is 9.94. The van der Waals surface area contributed by atoms with Gasteiger partial charge in [-0.3, -0.25) is 9.59 Å². The minimum Gasteiger partial charge on any atom is -0.465 e. The Morgan fingerprint density at radius 1 is 0.406 bits per heavy atom. The van der Waals surface area contributed by atoms with Crippen LogP contribution in [0.25, 0.3) is 0 Å². The van der Waals surface area contributed by atoms with E-state index in [1.165, 1.54) is 96.3 Å². The predicted molar refractivity (Wildman–Crippen MR) is 286 cm³/mol. The molecule has 0 N–H and O–H groups in total. The molecule has 10 heteroatoms. The standard InChI is InChI=1S/C59H106N2O8/c1-7-13-17-21-23-31-40-54(38-29-20-16-10-4)57(63)67-49-35-27-25-33-47-61(59(65)69-51-52-41-43-55(44-42-52)58(64)68-50-36-45-60(11-5)12-6)46-32-24-26-34-48-66-56(62)53(37-28-19-15-9-3)39-30-22-18-14-8-2/h41-44,53-54H,7-40,45-51H2,1-6H3. The van der Waals surface area contributed by atoms with Gasteiger partial charge in [-0.1, -0.05) is 189 Å². The molecular weight excluding hydrogens is 865 g/mol. The van der Waals surface area contributed by atoms with Crippen LogP contribution in [0.15, 0.2) is 24.3 Å². The number of benzene rings is 1. The highest BCUT2D eigenvalue weighted by atomic mass is 16.6. The molecule has 1 aromatic rings. The summed E-state index contributed by atoms with van der Waals surface area (Å²) in [6, 6.07) is 7.09. The van der Waals surface area contributed by atoms with E-state index in [1.807, 2.05) is 17.0 Å². The van der Waals surface area contributed by atoms with Crippen LogP contribution in [-0.4, -0.2) is 86.3 Å². The SMILES string of the molecule is CCCCCCCCC(CCCCCC)C(=O)OCCCCCCN(CCCCCCOC(=O)C(CCCCCC)CCCCCCC)C(=O)OCc1ccc(C(=O)OCCCN(CC)CC)cc1. The molecule has 0 radical (unpaired) electrons. The van der Waals surface area contributed by atoms with Gasteiger partial charge in [0.25, 0.3) is 0 Å². The van der Waals surface area contributed by atoms with Crippen molar-refractivity contribution in [1.29, 1.82) is 0 Å². The maximum absolute atomic E-state index is 13.5. The predicted octanol–water partition coefficient (Wildman–Crippen LogP) is 16.0. The molecular formula is C59H106N2O8. The molecule has 2 unspecified atom stereocenters. The van der Waals surface area contributed by atoms with E-state index in [2.05, 4.69) is 46.4 Å². The number of rotatable bonds is 48. The molecule has 0 heterocycles. The van der Waals surface area contributed by atoms with Crippen LogP contribution in [-0.2, 0) is 35.1 Å². The van der Waals surface area contributed by atoms with E-state index in [4.69, 9.17) is 18.9 Å². The fourth-order valence-electron chi connectivity index (χ4n) is 9.00. The van der Waals surface area contributed by atoms with Gasteiger partial charge in [-0.25, -0.2) is 9.59 Å². The van der Waals surface area contributed by atoms with Crippen LogP contribution >= 0.6 is 0 Å². The molecule has 2 atom stereocenters. The van der Waals surface area contributed by atoms with Crippen LogP contribution in [0.5, 0.6) is 0 Å². The van der Waals surface area contributed by atoms with Gasteiger partial charge in [-0.15, -0.1) is 0 Å². The number of amides is 1. The molecule has 400 valence electrons. The molecule has 1 amide bonds. The Balaban J connectivity index is 2.70. The number of carbonyl (C=O) groups excluding carboxylic acids is 4. The minimum atomic E-state index is -0.346. The fourth-order valence-corrected chi connectivity index (χ4v) is 9.00. The summed E-state index contributed by atoms with van der Waals surface area (Å²) in [5.74, 6) is -0.348. The Morgan fingerprint density at radius 3 is 1.22 bits per heavy atom. The van der Waals surface area contributed by atoms with Crippen LogP contribution < -0.4 is 0 Å². The van der Waals surface area contributed by atoms with E-state index in [1.54, 1.807) is 12.1 Å². The number of unbranched alkanes of at least 4 members (excludes halogenated alkanes) is 21. The molecule has 69 heavy (non-hydrogen) atoms. The van der Waals surface area contributed by atoms with Crippen molar-refractivity contribution in [3.63, 3.8) is 0 Å². The molecule has 0 bridgehead atoms. The van der Waals surface area contributed by atoms with E-state index in [9.17, 15) is 19.2 Å². The van der Waals surface area contributed by atoms with Crippen LogP contribution in [0.4, 0.5) is 4.79 Å². The first-order chi connectivity index (χ1) is 33.7. The van der Waals surface area contributed by atoms with Crippen molar-refractivity contribution < 1.29 is 38.1 Å². The number of esters is 3. The quantitative estimate of drug-likeness (QED) is 0.0358. The molecule has 10 nitrogen and oxygen atoms in total. The average Bonchev–Trinajstić information content (AvgIpc) is 3.36. The Morgan fingerprint density at radius 2 is 0.783 bits per heavy atom. The molecule has 0 fully saturated rings. The van der Waals surface area contributed by atoms with Crippen molar-refractivity contribution in [1.82, 2.24) is 9.80 Å². The third-order valence-corrected chi connectivity index (χ3v) is 13.7. The van der Waals surface area contributed by atoms with Crippen LogP contribution in [0.1, 0.15) is 263 Å². The van der Waals surface area contributed by atoms with Gasteiger partial charge < -0.3 is 28.7 Å². The van der Waals surface area contributed by atoms with Gasteiger partial charge in [0.15, 0.2) is 0 Å². The highest BCUT2D eigenvalue weighted by Gasteiger charge is 2.21. The second-order valence-electron chi connectivity index (χ2n) is 19.8. The smallest absolute Gasteiger partial charge is 0.410 e. The van der Waals surface area contributed by atoms with Crippen molar-refractivity contribution in [2.45, 2.75) is 254 Å². The average molecular weight is 972 g/mol. The first-order valence-electron chi connectivity index (χ1n) is 29.0. The molecule has 0 aromatic heterocycles. The lowest BCUT2D eigenvalue weighted by Crippen LogP contribution is -2.33. The monoisotopic (exact) mass is 971 g/mol. The topological polar surface area (TPSA) is 112 Å². The van der Waals surface area contributed by atoms with Crippen molar-refractivity contribution in [2.75, 3.05) is 52.5 Å². The zero-order chi connectivity index (χ0) is 50.4. The van der Waals surface area contributed by atoms with Gasteiger partial charge in [0, 0.05) is 19.6 Å². The van der Waals surface area contributed by atoms with Crippen LogP contribution in [0, 0.1) is 11.8 Å². The highest BCUT2D eigenvalue weighted by Crippen LogP contribution is 2.23. The van der Waals surface area contributed by atoms with Gasteiger partial charge in [0.1, 0.15) is 6.61 Å². The second-order valence-corrected chi connectivity index (χ2v) is 19.8. The number of nitrogens with zero attached hydrogens (tertiary/aromatic N) is 2. The first-order valence-corrected chi connectivity index (χ1v) is 29.0. The van der Waals surface area contributed by atoms with Crippen molar-refractivity contribution >= 4 is 24.0 Å². The number of hydrogen-bond acceptors (Lipinski definition) is 9. The van der Waals surface area contributed by atoms with E-state index in [0.717, 1.165) is 134 Å². The van der Waals surface area contributed by atoms with Gasteiger partial charge >= 0.3 is 24.0 Å². The zero-order valence-corrected chi connectivity index (χ0v) is 45.6. The van der Waals surface area contributed by atoms with Gasteiger partial charge in [-0.05, 0) is 101 Å². The summed E-state index contributed by atoms with van der Waals surface area (Å²) in [4.78, 5) is 56.6. The third kappa shape index (κ3) is 34.8. The first kappa shape index (κ1) is 63.9. The summed E-state index contributed by atoms with van der Waals surface area (Å²) in [6.07, 6.45) is 34.0. The van der Waals surface area contributed by atoms with E-state index in [-0.39, 0.29) is 42.4 Å². The number of carbonyl (C=O) groups is 4. The van der Waals surface area contributed by atoms with Crippen LogP contribution in [0.3, 0.4) is 0 Å². The van der Waals surface area contributed by atoms with Gasteiger partial charge in [0.2, 0.25) is 0 Å². The minimum absolute atomic E-state index is 0.0155. The summed E-state index contributed by atoms with van der Waals surface area (Å²) < 4.78 is 23.0. The summed E-state index contributed by atoms with van der Waals surface area (Å²) >= 11 is 0.